The first-order chi connectivity index (χ1) is 29.0. The number of nitrogens with one attached hydrogen (secondary N) is 4. The number of rotatable bonds is 12. The monoisotopic (exact) mass is 831 g/mol. The lowest BCUT2D eigenvalue weighted by molar-refractivity contribution is -0.246. The normalized spacial score (nSPS) is 34.8. The molecule has 61 heavy (non-hydrogen) atoms. The van der Waals surface area contributed by atoms with Crippen molar-refractivity contribution in [1.82, 2.24) is 30.9 Å². The third-order valence-corrected chi connectivity index (χ3v) is 18.1. The van der Waals surface area contributed by atoms with Gasteiger partial charge in [0.25, 0.3) is 11.8 Å². The first-order valence-corrected chi connectivity index (χ1v) is 23.2. The SMILES string of the molecule is C=C(C)C1CCC2(C(=O)NCCc3cccc(C(=O)NCc4ccc(C(=O)NCCc5cnc[nH]5)cn4)c3)CCC3(C)C(CCC4C5(C)CCC(O)C(C)(C)C5CCC43C)C12. The maximum atomic E-state index is 14.7. The molecule has 2 aromatic heterocycles. The highest BCUT2D eigenvalue weighted by Gasteiger charge is 2.71. The van der Waals surface area contributed by atoms with E-state index in [0.29, 0.717) is 72.3 Å². The molecule has 5 saturated carbocycles. The third kappa shape index (κ3) is 7.46. The molecule has 10 atom stereocenters. The molecular weight excluding hydrogens is 761 g/mol. The van der Waals surface area contributed by atoms with E-state index in [4.69, 9.17) is 0 Å². The molecule has 10 unspecified atom stereocenters. The molecular formula is C51H70N6O4. The van der Waals surface area contributed by atoms with Crippen LogP contribution >= 0.6 is 0 Å². The number of fused-ring (bicyclic) bond motifs is 7. The van der Waals surface area contributed by atoms with Gasteiger partial charge in [0.15, 0.2) is 0 Å². The van der Waals surface area contributed by atoms with Gasteiger partial charge in [0.05, 0.1) is 35.6 Å². The molecule has 10 heteroatoms. The van der Waals surface area contributed by atoms with Gasteiger partial charge in [-0.15, -0.1) is 0 Å². The summed E-state index contributed by atoms with van der Waals surface area (Å²) in [6, 6.07) is 11.1. The smallest absolute Gasteiger partial charge is 0.252 e. The van der Waals surface area contributed by atoms with Crippen molar-refractivity contribution in [1.29, 1.82) is 0 Å². The minimum Gasteiger partial charge on any atom is -0.393 e. The highest BCUT2D eigenvalue weighted by Crippen LogP contribution is 2.77. The summed E-state index contributed by atoms with van der Waals surface area (Å²) < 4.78 is 0. The number of benzene rings is 1. The molecule has 0 aliphatic heterocycles. The molecule has 3 aromatic rings. The number of carbonyl (C=O) groups excluding carboxylic acids is 3. The van der Waals surface area contributed by atoms with Gasteiger partial charge in [0.2, 0.25) is 5.91 Å². The number of aliphatic hydroxyl groups is 1. The Morgan fingerprint density at radius 1 is 0.803 bits per heavy atom. The zero-order valence-corrected chi connectivity index (χ0v) is 37.5. The van der Waals surface area contributed by atoms with Crippen LogP contribution in [0.2, 0.25) is 0 Å². The van der Waals surface area contributed by atoms with Crippen LogP contribution < -0.4 is 16.0 Å². The molecule has 0 bridgehead atoms. The summed E-state index contributed by atoms with van der Waals surface area (Å²) in [4.78, 5) is 51.9. The van der Waals surface area contributed by atoms with Crippen molar-refractivity contribution >= 4 is 17.7 Å². The molecule has 0 radical (unpaired) electrons. The highest BCUT2D eigenvalue weighted by atomic mass is 16.3. The Hall–Kier alpha value is -4.31. The van der Waals surface area contributed by atoms with Crippen LogP contribution in [0, 0.1) is 56.7 Å². The number of allylic oxidation sites excluding steroid dienone is 1. The van der Waals surface area contributed by atoms with Crippen LogP contribution in [0.4, 0.5) is 0 Å². The second-order valence-electron chi connectivity index (χ2n) is 21.2. The summed E-state index contributed by atoms with van der Waals surface area (Å²) in [6.45, 7) is 20.5. The van der Waals surface area contributed by atoms with Gasteiger partial charge in [-0.05, 0) is 159 Å². The van der Waals surface area contributed by atoms with E-state index in [0.717, 1.165) is 49.8 Å². The first-order valence-electron chi connectivity index (χ1n) is 23.2. The van der Waals surface area contributed by atoms with Gasteiger partial charge in [-0.1, -0.05) is 58.9 Å². The van der Waals surface area contributed by atoms with E-state index in [9.17, 15) is 19.5 Å². The number of imidazole rings is 1. The van der Waals surface area contributed by atoms with Gasteiger partial charge >= 0.3 is 0 Å². The number of carbonyl (C=O) groups is 3. The number of pyridine rings is 1. The van der Waals surface area contributed by atoms with E-state index in [1.807, 2.05) is 18.2 Å². The van der Waals surface area contributed by atoms with Crippen molar-refractivity contribution in [2.75, 3.05) is 13.1 Å². The Morgan fingerprint density at radius 2 is 1.59 bits per heavy atom. The van der Waals surface area contributed by atoms with E-state index in [1.54, 1.807) is 30.7 Å². The lowest BCUT2D eigenvalue weighted by Gasteiger charge is -2.72. The van der Waals surface area contributed by atoms with Crippen molar-refractivity contribution in [3.05, 3.63) is 95.3 Å². The molecule has 10 nitrogen and oxygen atoms in total. The summed E-state index contributed by atoms with van der Waals surface area (Å²) >= 11 is 0. The van der Waals surface area contributed by atoms with Crippen molar-refractivity contribution in [3.8, 4) is 0 Å². The maximum absolute atomic E-state index is 14.7. The molecule has 3 amide bonds. The molecule has 8 rings (SSSR count). The second kappa shape index (κ2) is 16.4. The minimum absolute atomic E-state index is 0.0631. The number of aliphatic hydroxyl groups excluding tert-OH is 1. The predicted octanol–water partition coefficient (Wildman–Crippen LogP) is 8.38. The summed E-state index contributed by atoms with van der Waals surface area (Å²) in [7, 11) is 0. The van der Waals surface area contributed by atoms with Gasteiger partial charge in [0.1, 0.15) is 0 Å². The summed E-state index contributed by atoms with van der Waals surface area (Å²) in [5, 5.41) is 20.4. The van der Waals surface area contributed by atoms with Gasteiger partial charge < -0.3 is 26.0 Å². The fourth-order valence-corrected chi connectivity index (χ4v) is 14.7. The van der Waals surface area contributed by atoms with Crippen LogP contribution in [-0.2, 0) is 24.2 Å². The minimum atomic E-state index is -0.382. The summed E-state index contributed by atoms with van der Waals surface area (Å²) in [5.74, 6) is 2.11. The van der Waals surface area contributed by atoms with Gasteiger partial charge in [-0.2, -0.15) is 0 Å². The van der Waals surface area contributed by atoms with Crippen molar-refractivity contribution in [2.45, 2.75) is 131 Å². The van der Waals surface area contributed by atoms with Crippen LogP contribution in [0.15, 0.2) is 67.3 Å². The molecule has 328 valence electrons. The summed E-state index contributed by atoms with van der Waals surface area (Å²) in [5.41, 5.74) is 4.98. The Labute approximate surface area is 363 Å². The second-order valence-corrected chi connectivity index (χ2v) is 21.2. The molecule has 5 N–H and O–H groups in total. The van der Waals surface area contributed by atoms with Crippen molar-refractivity contribution in [2.24, 2.45) is 56.7 Å². The van der Waals surface area contributed by atoms with E-state index in [2.05, 4.69) is 79.0 Å². The van der Waals surface area contributed by atoms with Crippen LogP contribution in [0.3, 0.4) is 0 Å². The Balaban J connectivity index is 0.883. The molecule has 5 aliphatic rings. The maximum Gasteiger partial charge on any atom is 0.252 e. The van der Waals surface area contributed by atoms with Gasteiger partial charge in [0, 0.05) is 43.2 Å². The quantitative estimate of drug-likeness (QED) is 0.116. The van der Waals surface area contributed by atoms with E-state index in [1.165, 1.54) is 37.5 Å². The van der Waals surface area contributed by atoms with Crippen molar-refractivity contribution < 1.29 is 19.5 Å². The highest BCUT2D eigenvalue weighted by molar-refractivity contribution is 5.94. The van der Waals surface area contributed by atoms with Crippen LogP contribution in [0.25, 0.3) is 0 Å². The van der Waals surface area contributed by atoms with Gasteiger partial charge in [-0.25, -0.2) is 4.98 Å². The van der Waals surface area contributed by atoms with Crippen molar-refractivity contribution in [3.63, 3.8) is 0 Å². The zero-order valence-electron chi connectivity index (χ0n) is 37.5. The zero-order chi connectivity index (χ0) is 43.4. The Kier molecular flexibility index (Phi) is 11.7. The van der Waals surface area contributed by atoms with Gasteiger partial charge in [-0.3, -0.25) is 19.4 Å². The molecule has 0 saturated heterocycles. The van der Waals surface area contributed by atoms with E-state index < -0.39 is 0 Å². The standard InChI is InChI=1S/C51H70N6O4/c1-32(2)38-15-22-51(24-23-49(6)39(43(38)51)13-14-41-48(5)20-17-42(58)47(3,4)40(48)16-21-50(41,49)7)46(61)54-25-18-33-9-8-10-34(27-33)44(59)56-30-36-12-11-35(28-55-36)45(60)53-26-19-37-29-52-31-57-37/h8-12,27-29,31,38-43,58H,1,13-26,30H2,2-7H3,(H,52,57)(H,53,60)(H,54,61)(H,56,59). The number of hydrogen-bond donors (Lipinski definition) is 5. The molecule has 5 aliphatic carbocycles. The number of nitrogens with zero attached hydrogens (tertiary/aromatic N) is 2. The predicted molar refractivity (Wildman–Crippen MR) is 238 cm³/mol. The average molecular weight is 831 g/mol. The topological polar surface area (TPSA) is 149 Å². The van der Waals surface area contributed by atoms with Crippen LogP contribution in [0.1, 0.15) is 143 Å². The number of hydrogen-bond acceptors (Lipinski definition) is 6. The number of aromatic amines is 1. The van der Waals surface area contributed by atoms with Crippen LogP contribution in [-0.4, -0.2) is 57.0 Å². The Bertz CT molecular complexity index is 2120. The lowest BCUT2D eigenvalue weighted by Crippen LogP contribution is -2.67. The molecule has 5 fully saturated rings. The molecule has 1 aromatic carbocycles. The fourth-order valence-electron chi connectivity index (χ4n) is 14.7. The molecule has 2 heterocycles. The number of amides is 3. The lowest BCUT2D eigenvalue weighted by atomic mass is 9.32. The van der Waals surface area contributed by atoms with E-state index >= 15 is 0 Å². The van der Waals surface area contributed by atoms with E-state index in [-0.39, 0.29) is 57.4 Å². The molecule has 0 spiro atoms. The largest absolute Gasteiger partial charge is 0.393 e. The van der Waals surface area contributed by atoms with Crippen LogP contribution in [0.5, 0.6) is 0 Å². The Morgan fingerprint density at radius 3 is 2.33 bits per heavy atom. The average Bonchev–Trinajstić information content (AvgIpc) is 3.91. The summed E-state index contributed by atoms with van der Waals surface area (Å²) in [6.07, 6.45) is 16.7. The number of H-pyrrole nitrogens is 1. The number of aromatic nitrogens is 3. The fraction of sp³-hybridized carbons (Fsp3) is 0.627. The third-order valence-electron chi connectivity index (χ3n) is 18.1. The first kappa shape index (κ1) is 43.3.